The molecule has 17 heavy (non-hydrogen) atoms. The summed E-state index contributed by atoms with van der Waals surface area (Å²) in [6.07, 6.45) is 2.03. The molecule has 0 bridgehead atoms. The zero-order valence-corrected chi connectivity index (χ0v) is 10.8. The number of amides is 1. The van der Waals surface area contributed by atoms with Crippen LogP contribution in [0.25, 0.3) is 0 Å². The summed E-state index contributed by atoms with van der Waals surface area (Å²) in [6.45, 7) is 7.10. The zero-order valence-electron chi connectivity index (χ0n) is 10.8. The van der Waals surface area contributed by atoms with Crippen molar-refractivity contribution in [2.75, 3.05) is 11.9 Å². The first-order valence-electron chi connectivity index (χ1n) is 6.20. The van der Waals surface area contributed by atoms with Gasteiger partial charge in [0.15, 0.2) is 0 Å². The maximum Gasteiger partial charge on any atom is 0.241 e. The van der Waals surface area contributed by atoms with Gasteiger partial charge in [0.25, 0.3) is 0 Å². The van der Waals surface area contributed by atoms with Gasteiger partial charge in [0.2, 0.25) is 5.91 Å². The van der Waals surface area contributed by atoms with Gasteiger partial charge in [-0.1, -0.05) is 17.7 Å². The molecule has 1 saturated heterocycles. The maximum absolute atomic E-state index is 12.0. The number of rotatable bonds is 2. The molecule has 2 N–H and O–H groups in total. The third-order valence-electron chi connectivity index (χ3n) is 3.30. The lowest BCUT2D eigenvalue weighted by molar-refractivity contribution is -0.117. The van der Waals surface area contributed by atoms with Gasteiger partial charge in [-0.2, -0.15) is 0 Å². The Morgan fingerprint density at radius 2 is 1.94 bits per heavy atom. The topological polar surface area (TPSA) is 41.1 Å². The number of carbonyl (C=O) groups is 1. The summed E-state index contributed by atoms with van der Waals surface area (Å²) in [5.41, 5.74) is 4.47. The molecule has 1 aliphatic heterocycles. The van der Waals surface area contributed by atoms with E-state index < -0.39 is 0 Å². The smallest absolute Gasteiger partial charge is 0.241 e. The number of nitrogens with one attached hydrogen (secondary N) is 2. The van der Waals surface area contributed by atoms with E-state index in [9.17, 15) is 4.79 Å². The summed E-state index contributed by atoms with van der Waals surface area (Å²) in [5, 5.41) is 6.26. The number of benzene rings is 1. The maximum atomic E-state index is 12.0. The van der Waals surface area contributed by atoms with Gasteiger partial charge in [0.1, 0.15) is 0 Å². The van der Waals surface area contributed by atoms with E-state index in [1.165, 1.54) is 5.56 Å². The first-order valence-corrected chi connectivity index (χ1v) is 6.20. The minimum Gasteiger partial charge on any atom is -0.324 e. The molecular weight excluding hydrogens is 212 g/mol. The average Bonchev–Trinajstić information content (AvgIpc) is 2.76. The van der Waals surface area contributed by atoms with Crippen molar-refractivity contribution >= 4 is 11.6 Å². The van der Waals surface area contributed by atoms with E-state index in [4.69, 9.17) is 0 Å². The number of anilines is 1. The lowest BCUT2D eigenvalue weighted by atomic mass is 10.0. The summed E-state index contributed by atoms with van der Waals surface area (Å²) >= 11 is 0. The number of hydrogen-bond acceptors (Lipinski definition) is 2. The fraction of sp³-hybridized carbons (Fsp3) is 0.500. The van der Waals surface area contributed by atoms with Crippen molar-refractivity contribution in [1.29, 1.82) is 0 Å². The predicted octanol–water partition coefficient (Wildman–Crippen LogP) is 2.30. The van der Waals surface area contributed by atoms with E-state index in [-0.39, 0.29) is 11.9 Å². The van der Waals surface area contributed by atoms with Crippen molar-refractivity contribution in [3.63, 3.8) is 0 Å². The molecule has 0 saturated carbocycles. The SMILES string of the molecule is Cc1cc(C)c(NC(=O)C2CCCN2)c(C)c1. The molecule has 1 aromatic carbocycles. The third-order valence-corrected chi connectivity index (χ3v) is 3.30. The van der Waals surface area contributed by atoms with Crippen molar-refractivity contribution in [2.45, 2.75) is 39.7 Å². The van der Waals surface area contributed by atoms with Gasteiger partial charge in [0, 0.05) is 5.69 Å². The standard InChI is InChI=1S/C14H20N2O/c1-9-7-10(2)13(11(3)8-9)16-14(17)12-5-4-6-15-12/h7-8,12,15H,4-6H2,1-3H3,(H,16,17). The summed E-state index contributed by atoms with van der Waals surface area (Å²) in [4.78, 5) is 12.0. The van der Waals surface area contributed by atoms with Gasteiger partial charge in [0.05, 0.1) is 6.04 Å². The Bertz CT molecular complexity index is 411. The van der Waals surface area contributed by atoms with Crippen LogP contribution in [0.1, 0.15) is 29.5 Å². The van der Waals surface area contributed by atoms with Gasteiger partial charge < -0.3 is 10.6 Å². The highest BCUT2D eigenvalue weighted by molar-refractivity contribution is 5.96. The van der Waals surface area contributed by atoms with Crippen LogP contribution >= 0.6 is 0 Å². The van der Waals surface area contributed by atoms with Gasteiger partial charge in [-0.05, 0) is 51.3 Å². The second kappa shape index (κ2) is 4.88. The van der Waals surface area contributed by atoms with Crippen molar-refractivity contribution < 1.29 is 4.79 Å². The van der Waals surface area contributed by atoms with E-state index in [0.29, 0.717) is 0 Å². The lowest BCUT2D eigenvalue weighted by Gasteiger charge is -2.15. The molecule has 3 heteroatoms. The summed E-state index contributed by atoms with van der Waals surface area (Å²) in [5.74, 6) is 0.0950. The Labute approximate surface area is 103 Å². The van der Waals surface area contributed by atoms with Crippen LogP contribution in [0.15, 0.2) is 12.1 Å². The lowest BCUT2D eigenvalue weighted by Crippen LogP contribution is -2.35. The van der Waals surface area contributed by atoms with E-state index in [1.807, 2.05) is 13.8 Å². The first kappa shape index (κ1) is 12.1. The Morgan fingerprint density at radius 1 is 1.29 bits per heavy atom. The molecule has 1 unspecified atom stereocenters. The summed E-state index contributed by atoms with van der Waals surface area (Å²) < 4.78 is 0. The summed E-state index contributed by atoms with van der Waals surface area (Å²) in [6, 6.07) is 4.19. The molecule has 1 aliphatic rings. The quantitative estimate of drug-likeness (QED) is 0.821. The molecule has 1 fully saturated rings. The molecule has 1 aromatic rings. The molecule has 0 aromatic heterocycles. The highest BCUT2D eigenvalue weighted by Gasteiger charge is 2.22. The van der Waals surface area contributed by atoms with Gasteiger partial charge in [-0.15, -0.1) is 0 Å². The van der Waals surface area contributed by atoms with E-state index in [2.05, 4.69) is 29.7 Å². The fourth-order valence-corrected chi connectivity index (χ4v) is 2.50. The molecule has 0 aliphatic carbocycles. The van der Waals surface area contributed by atoms with Crippen LogP contribution in [0.2, 0.25) is 0 Å². The van der Waals surface area contributed by atoms with Gasteiger partial charge >= 0.3 is 0 Å². The normalized spacial score (nSPS) is 19.4. The third kappa shape index (κ3) is 2.67. The highest BCUT2D eigenvalue weighted by Crippen LogP contribution is 2.22. The Hall–Kier alpha value is -1.35. The van der Waals surface area contributed by atoms with Gasteiger partial charge in [-0.3, -0.25) is 4.79 Å². The predicted molar refractivity (Wildman–Crippen MR) is 70.3 cm³/mol. The molecule has 0 spiro atoms. The molecule has 1 atom stereocenters. The fourth-order valence-electron chi connectivity index (χ4n) is 2.50. The first-order chi connectivity index (χ1) is 8.08. The van der Waals surface area contributed by atoms with Crippen molar-refractivity contribution in [1.82, 2.24) is 5.32 Å². The van der Waals surface area contributed by atoms with E-state index in [0.717, 1.165) is 36.2 Å². The van der Waals surface area contributed by atoms with E-state index in [1.54, 1.807) is 0 Å². The Morgan fingerprint density at radius 3 is 2.47 bits per heavy atom. The second-order valence-electron chi connectivity index (χ2n) is 4.91. The van der Waals surface area contributed by atoms with Crippen LogP contribution < -0.4 is 10.6 Å². The largest absolute Gasteiger partial charge is 0.324 e. The molecule has 3 nitrogen and oxygen atoms in total. The molecule has 1 heterocycles. The van der Waals surface area contributed by atoms with Crippen LogP contribution in [-0.2, 0) is 4.79 Å². The van der Waals surface area contributed by atoms with Gasteiger partial charge in [-0.25, -0.2) is 0 Å². The van der Waals surface area contributed by atoms with Crippen LogP contribution in [0.3, 0.4) is 0 Å². The minimum atomic E-state index is -0.0184. The number of aryl methyl sites for hydroxylation is 3. The average molecular weight is 232 g/mol. The van der Waals surface area contributed by atoms with Crippen LogP contribution in [0, 0.1) is 20.8 Å². The summed E-state index contributed by atoms with van der Waals surface area (Å²) in [7, 11) is 0. The zero-order chi connectivity index (χ0) is 12.4. The van der Waals surface area contributed by atoms with Crippen LogP contribution in [0.4, 0.5) is 5.69 Å². The van der Waals surface area contributed by atoms with Crippen molar-refractivity contribution in [2.24, 2.45) is 0 Å². The highest BCUT2D eigenvalue weighted by atomic mass is 16.2. The Balaban J connectivity index is 2.15. The molecule has 1 amide bonds. The second-order valence-corrected chi connectivity index (χ2v) is 4.91. The van der Waals surface area contributed by atoms with Crippen molar-refractivity contribution in [3.8, 4) is 0 Å². The Kier molecular flexibility index (Phi) is 3.48. The monoisotopic (exact) mass is 232 g/mol. The van der Waals surface area contributed by atoms with E-state index >= 15 is 0 Å². The molecule has 0 radical (unpaired) electrons. The number of hydrogen-bond donors (Lipinski definition) is 2. The number of carbonyl (C=O) groups excluding carboxylic acids is 1. The van der Waals surface area contributed by atoms with Crippen LogP contribution in [0.5, 0.6) is 0 Å². The molecule has 92 valence electrons. The van der Waals surface area contributed by atoms with Crippen LogP contribution in [-0.4, -0.2) is 18.5 Å². The molecule has 2 rings (SSSR count). The minimum absolute atomic E-state index is 0.0184. The molecular formula is C14H20N2O. The van der Waals surface area contributed by atoms with Crippen molar-refractivity contribution in [3.05, 3.63) is 28.8 Å².